The van der Waals surface area contributed by atoms with Gasteiger partial charge in [0.05, 0.1) is 0 Å². The molecule has 0 bridgehead atoms. The molecule has 0 radical (unpaired) electrons. The molecule has 0 aromatic heterocycles. The first-order valence-electron chi connectivity index (χ1n) is 6.04. The predicted octanol–water partition coefficient (Wildman–Crippen LogP) is 3.49. The van der Waals surface area contributed by atoms with E-state index in [1.54, 1.807) is 26.0 Å². The van der Waals surface area contributed by atoms with Crippen LogP contribution in [0.3, 0.4) is 0 Å². The smallest absolute Gasteiger partial charge is 0.330 e. The standard InChI is InChI=1S/2C7H12O2/c1-5(2)4-6(3)7(8)9;1-3-4-5-6(2)7(8)9/h4-5H,1-3H3,(H,8,9);5H,3-4H2,1-2H3,(H,8,9). The molecule has 104 valence electrons. The van der Waals surface area contributed by atoms with Crippen molar-refractivity contribution in [1.82, 2.24) is 0 Å². The summed E-state index contributed by atoms with van der Waals surface area (Å²) >= 11 is 0. The number of rotatable bonds is 5. The van der Waals surface area contributed by atoms with Gasteiger partial charge in [-0.2, -0.15) is 0 Å². The van der Waals surface area contributed by atoms with E-state index in [0.717, 1.165) is 12.8 Å². The van der Waals surface area contributed by atoms with Crippen LogP contribution in [0.4, 0.5) is 0 Å². The first-order valence-corrected chi connectivity index (χ1v) is 6.04. The summed E-state index contributed by atoms with van der Waals surface area (Å²) in [6.07, 6.45) is 5.33. The fourth-order valence-electron chi connectivity index (χ4n) is 1.02. The average Bonchev–Trinajstić information content (AvgIpc) is 2.25. The van der Waals surface area contributed by atoms with Crippen molar-refractivity contribution in [3.63, 3.8) is 0 Å². The molecule has 0 amide bonds. The van der Waals surface area contributed by atoms with E-state index >= 15 is 0 Å². The van der Waals surface area contributed by atoms with Crippen LogP contribution in [0.5, 0.6) is 0 Å². The van der Waals surface area contributed by atoms with Gasteiger partial charge in [0.1, 0.15) is 0 Å². The summed E-state index contributed by atoms with van der Waals surface area (Å²) in [5, 5.41) is 16.7. The van der Waals surface area contributed by atoms with Crippen LogP contribution in [-0.4, -0.2) is 22.2 Å². The van der Waals surface area contributed by atoms with Crippen molar-refractivity contribution in [3.05, 3.63) is 23.3 Å². The molecule has 0 aliphatic heterocycles. The molecule has 0 heterocycles. The first-order chi connectivity index (χ1) is 8.22. The highest BCUT2D eigenvalue weighted by molar-refractivity contribution is 5.86. The van der Waals surface area contributed by atoms with Gasteiger partial charge in [0.25, 0.3) is 0 Å². The SMILES string of the molecule is CC(=CC(C)C)C(=O)O.CCCC=C(C)C(=O)O. The van der Waals surface area contributed by atoms with Crippen molar-refractivity contribution < 1.29 is 19.8 Å². The van der Waals surface area contributed by atoms with Gasteiger partial charge in [-0.05, 0) is 26.2 Å². The lowest BCUT2D eigenvalue weighted by Crippen LogP contribution is -1.97. The van der Waals surface area contributed by atoms with Crippen LogP contribution in [0.15, 0.2) is 23.3 Å². The minimum atomic E-state index is -0.830. The van der Waals surface area contributed by atoms with E-state index in [9.17, 15) is 9.59 Å². The molecular weight excluding hydrogens is 232 g/mol. The van der Waals surface area contributed by atoms with Crippen LogP contribution < -0.4 is 0 Å². The Morgan fingerprint density at radius 2 is 1.50 bits per heavy atom. The van der Waals surface area contributed by atoms with Crippen LogP contribution in [-0.2, 0) is 9.59 Å². The van der Waals surface area contributed by atoms with Gasteiger partial charge in [-0.15, -0.1) is 0 Å². The van der Waals surface area contributed by atoms with Gasteiger partial charge in [-0.1, -0.05) is 39.3 Å². The Hall–Kier alpha value is -1.58. The number of carboxylic acids is 2. The Morgan fingerprint density at radius 1 is 1.06 bits per heavy atom. The van der Waals surface area contributed by atoms with Gasteiger partial charge < -0.3 is 10.2 Å². The molecule has 4 heteroatoms. The predicted molar refractivity (Wildman–Crippen MR) is 72.5 cm³/mol. The molecule has 0 aliphatic rings. The Balaban J connectivity index is 0. The quantitative estimate of drug-likeness (QED) is 0.738. The van der Waals surface area contributed by atoms with Crippen molar-refractivity contribution in [2.75, 3.05) is 0 Å². The monoisotopic (exact) mass is 256 g/mol. The lowest BCUT2D eigenvalue weighted by molar-refractivity contribution is -0.133. The zero-order chi connectivity index (χ0) is 14.7. The summed E-state index contributed by atoms with van der Waals surface area (Å²) in [5.41, 5.74) is 0.863. The summed E-state index contributed by atoms with van der Waals surface area (Å²) < 4.78 is 0. The molecular formula is C14H24O4. The zero-order valence-electron chi connectivity index (χ0n) is 11.9. The molecule has 0 fully saturated rings. The Morgan fingerprint density at radius 3 is 1.72 bits per heavy atom. The largest absolute Gasteiger partial charge is 0.478 e. The fourth-order valence-corrected chi connectivity index (χ4v) is 1.02. The minimum absolute atomic E-state index is 0.320. The van der Waals surface area contributed by atoms with Crippen LogP contribution in [0.1, 0.15) is 47.5 Å². The summed E-state index contributed by atoms with van der Waals surface area (Å²) in [6.45, 7) is 9.13. The summed E-state index contributed by atoms with van der Waals surface area (Å²) in [7, 11) is 0. The highest BCUT2D eigenvalue weighted by Gasteiger charge is 1.98. The third-order valence-corrected chi connectivity index (χ3v) is 2.00. The molecule has 0 atom stereocenters. The van der Waals surface area contributed by atoms with Gasteiger partial charge in [-0.25, -0.2) is 9.59 Å². The second kappa shape index (κ2) is 10.6. The molecule has 0 rings (SSSR count). The van der Waals surface area contributed by atoms with E-state index in [1.807, 2.05) is 20.8 Å². The van der Waals surface area contributed by atoms with E-state index in [4.69, 9.17) is 10.2 Å². The molecule has 0 aromatic rings. The van der Waals surface area contributed by atoms with Crippen LogP contribution >= 0.6 is 0 Å². The molecule has 0 aromatic carbocycles. The third kappa shape index (κ3) is 12.5. The Bertz CT molecular complexity index is 325. The van der Waals surface area contributed by atoms with Gasteiger partial charge in [0.15, 0.2) is 0 Å². The summed E-state index contributed by atoms with van der Waals surface area (Å²) in [6, 6.07) is 0. The molecule has 0 saturated heterocycles. The maximum absolute atomic E-state index is 10.2. The Kier molecular flexibility index (Phi) is 11.0. The number of carbonyl (C=O) groups is 2. The second-order valence-electron chi connectivity index (χ2n) is 4.38. The van der Waals surface area contributed by atoms with E-state index in [2.05, 4.69) is 0 Å². The van der Waals surface area contributed by atoms with Crippen LogP contribution in [0.2, 0.25) is 0 Å². The van der Waals surface area contributed by atoms with E-state index < -0.39 is 11.9 Å². The zero-order valence-corrected chi connectivity index (χ0v) is 11.9. The number of unbranched alkanes of at least 4 members (excludes halogenated alkanes) is 1. The van der Waals surface area contributed by atoms with Crippen molar-refractivity contribution in [2.24, 2.45) is 5.92 Å². The minimum Gasteiger partial charge on any atom is -0.478 e. The van der Waals surface area contributed by atoms with Crippen LogP contribution in [0, 0.1) is 5.92 Å². The fraction of sp³-hybridized carbons (Fsp3) is 0.571. The second-order valence-corrected chi connectivity index (χ2v) is 4.38. The highest BCUT2D eigenvalue weighted by Crippen LogP contribution is 2.00. The summed E-state index contributed by atoms with van der Waals surface area (Å²) in [5.74, 6) is -1.33. The maximum Gasteiger partial charge on any atom is 0.330 e. The van der Waals surface area contributed by atoms with Gasteiger partial charge in [0, 0.05) is 11.1 Å². The third-order valence-electron chi connectivity index (χ3n) is 2.00. The molecule has 4 nitrogen and oxygen atoms in total. The normalized spacial score (nSPS) is 11.9. The van der Waals surface area contributed by atoms with Gasteiger partial charge >= 0.3 is 11.9 Å². The number of hydrogen-bond acceptors (Lipinski definition) is 2. The van der Waals surface area contributed by atoms with Crippen molar-refractivity contribution >= 4 is 11.9 Å². The van der Waals surface area contributed by atoms with E-state index in [1.165, 1.54) is 0 Å². The summed E-state index contributed by atoms with van der Waals surface area (Å²) in [4.78, 5) is 20.3. The number of allylic oxidation sites excluding steroid dienone is 2. The number of hydrogen-bond donors (Lipinski definition) is 2. The maximum atomic E-state index is 10.2. The molecule has 18 heavy (non-hydrogen) atoms. The van der Waals surface area contributed by atoms with Crippen molar-refractivity contribution in [2.45, 2.75) is 47.5 Å². The van der Waals surface area contributed by atoms with E-state index in [0.29, 0.717) is 17.1 Å². The molecule has 2 N–H and O–H groups in total. The highest BCUT2D eigenvalue weighted by atomic mass is 16.4. The van der Waals surface area contributed by atoms with Crippen molar-refractivity contribution in [1.29, 1.82) is 0 Å². The molecule has 0 spiro atoms. The first kappa shape index (κ1) is 18.8. The lowest BCUT2D eigenvalue weighted by Gasteiger charge is -1.95. The van der Waals surface area contributed by atoms with Crippen LogP contribution in [0.25, 0.3) is 0 Å². The topological polar surface area (TPSA) is 74.6 Å². The van der Waals surface area contributed by atoms with Crippen molar-refractivity contribution in [3.8, 4) is 0 Å². The molecule has 0 aliphatic carbocycles. The Labute approximate surface area is 109 Å². The lowest BCUT2D eigenvalue weighted by atomic mass is 10.1. The number of aliphatic carboxylic acids is 2. The van der Waals surface area contributed by atoms with Gasteiger partial charge in [0.2, 0.25) is 0 Å². The average molecular weight is 256 g/mol. The van der Waals surface area contributed by atoms with E-state index in [-0.39, 0.29) is 0 Å². The molecule has 0 saturated carbocycles. The van der Waals surface area contributed by atoms with Gasteiger partial charge in [-0.3, -0.25) is 0 Å². The number of carboxylic acid groups (broad SMARTS) is 2. The molecule has 0 unspecified atom stereocenters.